The molecule has 0 unspecified atom stereocenters. The highest BCUT2D eigenvalue weighted by atomic mass is 79.9. The van der Waals surface area contributed by atoms with Crippen LogP contribution in [-0.4, -0.2) is 45.9 Å². The molecule has 0 atom stereocenters. The fraction of sp³-hybridized carbons (Fsp3) is 0.407. The summed E-state index contributed by atoms with van der Waals surface area (Å²) in [5, 5.41) is 13.6. The van der Waals surface area contributed by atoms with Crippen LogP contribution in [0.15, 0.2) is 47.1 Å². The van der Waals surface area contributed by atoms with Crippen molar-refractivity contribution in [2.24, 2.45) is 0 Å². The number of benzene rings is 2. The van der Waals surface area contributed by atoms with Gasteiger partial charge in [-0.25, -0.2) is 0 Å². The van der Waals surface area contributed by atoms with Gasteiger partial charge < -0.3 is 19.5 Å². The molecule has 194 valence electrons. The van der Waals surface area contributed by atoms with Gasteiger partial charge in [0.25, 0.3) is 0 Å². The van der Waals surface area contributed by atoms with E-state index in [0.29, 0.717) is 24.2 Å². The number of hydrogen-bond donors (Lipinski definition) is 1. The molecule has 10 heteroatoms. The molecule has 37 heavy (non-hydrogen) atoms. The highest BCUT2D eigenvalue weighted by Gasteiger charge is 2.31. The van der Waals surface area contributed by atoms with Gasteiger partial charge in [0.15, 0.2) is 5.82 Å². The summed E-state index contributed by atoms with van der Waals surface area (Å²) >= 11 is 3.70. The maximum atomic E-state index is 13.0. The lowest BCUT2D eigenvalue weighted by molar-refractivity contribution is -0.137. The predicted molar refractivity (Wildman–Crippen MR) is 142 cm³/mol. The molecule has 0 amide bonds. The second-order valence-electron chi connectivity index (χ2n) is 9.81. The van der Waals surface area contributed by atoms with E-state index in [0.717, 1.165) is 70.0 Å². The van der Waals surface area contributed by atoms with E-state index in [4.69, 9.17) is 4.74 Å². The molecule has 2 aromatic carbocycles. The molecule has 0 bridgehead atoms. The molecule has 3 heterocycles. The number of nitrogens with zero attached hydrogens (tertiary/aromatic N) is 4. The third-order valence-electron chi connectivity index (χ3n) is 7.13. The van der Waals surface area contributed by atoms with Gasteiger partial charge in [0.1, 0.15) is 5.75 Å². The van der Waals surface area contributed by atoms with E-state index in [1.54, 1.807) is 6.20 Å². The van der Waals surface area contributed by atoms with Crippen LogP contribution in [0.25, 0.3) is 21.8 Å². The summed E-state index contributed by atoms with van der Waals surface area (Å²) < 4.78 is 48.4. The maximum absolute atomic E-state index is 13.0. The molecular formula is C27H27BrF3N5O. The molecule has 1 aliphatic carbocycles. The van der Waals surface area contributed by atoms with Crippen LogP contribution in [0.4, 0.5) is 24.7 Å². The first-order chi connectivity index (χ1) is 17.9. The van der Waals surface area contributed by atoms with Crippen molar-refractivity contribution in [3.63, 3.8) is 0 Å². The van der Waals surface area contributed by atoms with E-state index in [1.807, 2.05) is 6.07 Å². The molecule has 1 saturated heterocycles. The zero-order valence-electron chi connectivity index (χ0n) is 20.2. The van der Waals surface area contributed by atoms with Crippen LogP contribution in [0.5, 0.6) is 5.75 Å². The van der Waals surface area contributed by atoms with Gasteiger partial charge in [-0.15, -0.1) is 5.10 Å². The minimum absolute atomic E-state index is 0.391. The average molecular weight is 574 g/mol. The zero-order valence-corrected chi connectivity index (χ0v) is 21.8. The second kappa shape index (κ2) is 9.79. The normalized spacial score (nSPS) is 16.6. The molecule has 2 aliphatic rings. The van der Waals surface area contributed by atoms with E-state index in [-0.39, 0.29) is 0 Å². The average Bonchev–Trinajstić information content (AvgIpc) is 3.46. The Morgan fingerprint density at radius 2 is 1.81 bits per heavy atom. The van der Waals surface area contributed by atoms with Crippen molar-refractivity contribution in [1.82, 2.24) is 19.7 Å². The maximum Gasteiger partial charge on any atom is 0.416 e. The van der Waals surface area contributed by atoms with Crippen molar-refractivity contribution in [3.8, 4) is 5.75 Å². The van der Waals surface area contributed by atoms with Crippen molar-refractivity contribution in [2.75, 3.05) is 31.6 Å². The van der Waals surface area contributed by atoms with Crippen molar-refractivity contribution < 1.29 is 17.9 Å². The Bertz CT molecular complexity index is 1430. The number of likely N-dealkylation sites (tertiary alicyclic amines) is 1. The Hall–Kier alpha value is -2.85. The SMILES string of the molecule is FC(F)(F)c1ccc(Nc2nncc3c2c2cc(OCCCN4CCCC4)c(Br)cc2n3C2CC2)cc1. The van der Waals surface area contributed by atoms with Crippen LogP contribution < -0.4 is 10.1 Å². The van der Waals surface area contributed by atoms with Crippen LogP contribution in [0.1, 0.15) is 43.7 Å². The van der Waals surface area contributed by atoms with Gasteiger partial charge in [-0.3, -0.25) is 0 Å². The summed E-state index contributed by atoms with van der Waals surface area (Å²) in [4.78, 5) is 2.47. The number of halogens is 4. The number of aromatic nitrogens is 3. The third-order valence-corrected chi connectivity index (χ3v) is 7.75. The van der Waals surface area contributed by atoms with Gasteiger partial charge in [0.2, 0.25) is 0 Å². The van der Waals surface area contributed by atoms with Gasteiger partial charge in [0.05, 0.1) is 39.3 Å². The number of anilines is 2. The second-order valence-corrected chi connectivity index (χ2v) is 10.7. The molecular weight excluding hydrogens is 547 g/mol. The quantitative estimate of drug-likeness (QED) is 0.224. The van der Waals surface area contributed by atoms with E-state index >= 15 is 0 Å². The number of alkyl halides is 3. The first kappa shape index (κ1) is 24.5. The van der Waals surface area contributed by atoms with E-state index in [9.17, 15) is 13.2 Å². The van der Waals surface area contributed by atoms with Crippen molar-refractivity contribution >= 4 is 49.2 Å². The predicted octanol–water partition coefficient (Wildman–Crippen LogP) is 7.31. The first-order valence-electron chi connectivity index (χ1n) is 12.7. The Balaban J connectivity index is 1.34. The van der Waals surface area contributed by atoms with Gasteiger partial charge in [-0.05, 0) is 97.5 Å². The summed E-state index contributed by atoms with van der Waals surface area (Å²) in [6, 6.07) is 9.47. The smallest absolute Gasteiger partial charge is 0.416 e. The summed E-state index contributed by atoms with van der Waals surface area (Å²) in [5.41, 5.74) is 1.82. The Morgan fingerprint density at radius 3 is 2.51 bits per heavy atom. The molecule has 4 aromatic rings. The monoisotopic (exact) mass is 573 g/mol. The minimum Gasteiger partial charge on any atom is -0.492 e. The lowest BCUT2D eigenvalue weighted by atomic mass is 10.1. The number of rotatable bonds is 8. The zero-order chi connectivity index (χ0) is 25.6. The molecule has 0 radical (unpaired) electrons. The topological polar surface area (TPSA) is 55.2 Å². The van der Waals surface area contributed by atoms with Crippen LogP contribution in [0.2, 0.25) is 0 Å². The number of ether oxygens (including phenoxy) is 1. The van der Waals surface area contributed by atoms with Crippen LogP contribution in [-0.2, 0) is 6.18 Å². The third kappa shape index (κ3) is 5.01. The fourth-order valence-corrected chi connectivity index (χ4v) is 5.62. The van der Waals surface area contributed by atoms with Crippen molar-refractivity contribution in [3.05, 3.63) is 52.6 Å². The summed E-state index contributed by atoms with van der Waals surface area (Å²) in [6.07, 6.45) is 3.08. The molecule has 1 aliphatic heterocycles. The molecule has 2 fully saturated rings. The van der Waals surface area contributed by atoms with Gasteiger partial charge >= 0.3 is 6.18 Å². The fourth-order valence-electron chi connectivity index (χ4n) is 5.18. The number of hydrogen-bond acceptors (Lipinski definition) is 5. The van der Waals surface area contributed by atoms with E-state index in [2.05, 4.69) is 47.0 Å². The summed E-state index contributed by atoms with van der Waals surface area (Å²) in [5.74, 6) is 1.27. The Morgan fingerprint density at radius 1 is 1.05 bits per heavy atom. The van der Waals surface area contributed by atoms with Crippen molar-refractivity contribution in [1.29, 1.82) is 0 Å². The van der Waals surface area contributed by atoms with Gasteiger partial charge in [-0.2, -0.15) is 18.3 Å². The number of fused-ring (bicyclic) bond motifs is 3. The molecule has 2 aromatic heterocycles. The lowest BCUT2D eigenvalue weighted by Crippen LogP contribution is -2.21. The number of nitrogens with one attached hydrogen (secondary N) is 1. The van der Waals surface area contributed by atoms with Gasteiger partial charge in [0, 0.05) is 23.7 Å². The Kier molecular flexibility index (Phi) is 6.48. The van der Waals surface area contributed by atoms with E-state index < -0.39 is 11.7 Å². The standard InChI is InChI=1S/C27H27BrF3N5O/c28-21-15-22-20(14-24(21)37-13-3-12-35-10-1-2-11-35)25-23(36(22)19-8-9-19)16-32-34-26(25)33-18-6-4-17(5-7-18)27(29,30)31/h4-7,14-16,19H,1-3,8-13H2,(H,33,34). The Labute approximate surface area is 220 Å². The highest BCUT2D eigenvalue weighted by Crippen LogP contribution is 2.46. The molecule has 6 nitrogen and oxygen atoms in total. The molecule has 1 N–H and O–H groups in total. The lowest BCUT2D eigenvalue weighted by Gasteiger charge is -2.15. The molecule has 0 spiro atoms. The molecule has 6 rings (SSSR count). The van der Waals surface area contributed by atoms with Crippen LogP contribution >= 0.6 is 15.9 Å². The summed E-state index contributed by atoms with van der Waals surface area (Å²) in [7, 11) is 0. The van der Waals surface area contributed by atoms with Gasteiger partial charge in [-0.1, -0.05) is 0 Å². The summed E-state index contributed by atoms with van der Waals surface area (Å²) in [6.45, 7) is 4.01. The highest BCUT2D eigenvalue weighted by molar-refractivity contribution is 9.10. The van der Waals surface area contributed by atoms with E-state index in [1.165, 1.54) is 38.1 Å². The molecule has 1 saturated carbocycles. The minimum atomic E-state index is -4.38. The van der Waals surface area contributed by atoms with Crippen molar-refractivity contribution in [2.45, 2.75) is 44.3 Å². The van der Waals surface area contributed by atoms with Crippen LogP contribution in [0.3, 0.4) is 0 Å². The van der Waals surface area contributed by atoms with Crippen LogP contribution in [0, 0.1) is 0 Å². The first-order valence-corrected chi connectivity index (χ1v) is 13.5. The largest absolute Gasteiger partial charge is 0.492 e.